The van der Waals surface area contributed by atoms with E-state index in [1.165, 1.54) is 11.1 Å². The van der Waals surface area contributed by atoms with Gasteiger partial charge in [0.15, 0.2) is 0 Å². The van der Waals surface area contributed by atoms with Gasteiger partial charge in [-0.2, -0.15) is 0 Å². The summed E-state index contributed by atoms with van der Waals surface area (Å²) in [4.78, 5) is 24.3. The van der Waals surface area contributed by atoms with Gasteiger partial charge in [-0.3, -0.25) is 20.4 Å². The van der Waals surface area contributed by atoms with Crippen molar-refractivity contribution in [2.24, 2.45) is 11.8 Å². The first-order chi connectivity index (χ1) is 11.7. The third-order valence-corrected chi connectivity index (χ3v) is 5.02. The summed E-state index contributed by atoms with van der Waals surface area (Å²) in [7, 11) is 0. The first kappa shape index (κ1) is 14.9. The van der Waals surface area contributed by atoms with Crippen molar-refractivity contribution in [1.82, 2.24) is 10.9 Å². The molecule has 24 heavy (non-hydrogen) atoms. The van der Waals surface area contributed by atoms with E-state index in [-0.39, 0.29) is 35.5 Å². The molecular formula is C20H20N2O2. The van der Waals surface area contributed by atoms with E-state index in [1.807, 2.05) is 60.7 Å². The molecule has 4 nitrogen and oxygen atoms in total. The second-order valence-corrected chi connectivity index (χ2v) is 6.70. The fourth-order valence-corrected chi connectivity index (χ4v) is 3.42. The molecule has 2 aromatic carbocycles. The molecule has 2 N–H and O–H groups in total. The lowest BCUT2D eigenvalue weighted by Crippen LogP contribution is -2.43. The number of nitrogens with one attached hydrogen (secondary N) is 2. The van der Waals surface area contributed by atoms with Crippen molar-refractivity contribution in [2.45, 2.75) is 24.7 Å². The second kappa shape index (κ2) is 6.11. The summed E-state index contributed by atoms with van der Waals surface area (Å²) in [6.45, 7) is 0. The number of benzene rings is 2. The number of rotatable bonds is 4. The largest absolute Gasteiger partial charge is 0.273 e. The summed E-state index contributed by atoms with van der Waals surface area (Å²) in [5.74, 6) is 0.319. The van der Waals surface area contributed by atoms with Crippen LogP contribution in [0.3, 0.4) is 0 Å². The van der Waals surface area contributed by atoms with Gasteiger partial charge >= 0.3 is 0 Å². The van der Waals surface area contributed by atoms with Gasteiger partial charge in [0, 0.05) is 11.8 Å². The maximum atomic E-state index is 12.2. The van der Waals surface area contributed by atoms with Crippen LogP contribution in [0.5, 0.6) is 0 Å². The van der Waals surface area contributed by atoms with Crippen molar-refractivity contribution >= 4 is 11.8 Å². The third-order valence-electron chi connectivity index (χ3n) is 5.02. The van der Waals surface area contributed by atoms with E-state index >= 15 is 0 Å². The van der Waals surface area contributed by atoms with Crippen LogP contribution in [0.4, 0.5) is 0 Å². The van der Waals surface area contributed by atoms with Gasteiger partial charge < -0.3 is 0 Å². The van der Waals surface area contributed by atoms with Crippen LogP contribution in [0.1, 0.15) is 35.8 Å². The van der Waals surface area contributed by atoms with E-state index in [1.54, 1.807) is 0 Å². The molecule has 4 heteroatoms. The first-order valence-corrected chi connectivity index (χ1v) is 8.43. The van der Waals surface area contributed by atoms with Crippen LogP contribution in [0.15, 0.2) is 60.7 Å². The van der Waals surface area contributed by atoms with Crippen molar-refractivity contribution in [3.05, 3.63) is 71.8 Å². The van der Waals surface area contributed by atoms with Crippen molar-refractivity contribution < 1.29 is 9.59 Å². The normalized spacial score (nSPS) is 27.2. The summed E-state index contributed by atoms with van der Waals surface area (Å²) in [5.41, 5.74) is 7.58. The van der Waals surface area contributed by atoms with Crippen molar-refractivity contribution in [3.8, 4) is 0 Å². The highest BCUT2D eigenvalue weighted by Crippen LogP contribution is 2.48. The Balaban J connectivity index is 1.25. The lowest BCUT2D eigenvalue weighted by atomic mass is 10.1. The number of carbonyl (C=O) groups is 2. The van der Waals surface area contributed by atoms with E-state index < -0.39 is 0 Å². The van der Waals surface area contributed by atoms with Crippen LogP contribution >= 0.6 is 0 Å². The average molecular weight is 320 g/mol. The molecule has 2 aliphatic carbocycles. The molecule has 0 aromatic heterocycles. The molecule has 0 bridgehead atoms. The van der Waals surface area contributed by atoms with Crippen molar-refractivity contribution in [2.75, 3.05) is 0 Å². The van der Waals surface area contributed by atoms with Gasteiger partial charge in [0.25, 0.3) is 0 Å². The number of hydrazine groups is 1. The van der Waals surface area contributed by atoms with Gasteiger partial charge in [-0.1, -0.05) is 60.7 Å². The van der Waals surface area contributed by atoms with Crippen LogP contribution in [-0.4, -0.2) is 11.8 Å². The Bertz CT molecular complexity index is 679. The van der Waals surface area contributed by atoms with Crippen molar-refractivity contribution in [1.29, 1.82) is 0 Å². The highest BCUT2D eigenvalue weighted by molar-refractivity contribution is 5.88. The standard InChI is InChI=1S/C20H20N2O2/c23-19(17-11-15(17)13-7-3-1-4-8-13)21-22-20(24)18-12-16(18)14-9-5-2-6-10-14/h1-10,15-18H,11-12H2,(H,21,23)(H,22,24). The minimum absolute atomic E-state index is 0.0307. The maximum Gasteiger partial charge on any atom is 0.242 e. The fourth-order valence-electron chi connectivity index (χ4n) is 3.42. The smallest absolute Gasteiger partial charge is 0.242 e. The second-order valence-electron chi connectivity index (χ2n) is 6.70. The molecule has 2 aromatic rings. The summed E-state index contributed by atoms with van der Waals surface area (Å²) in [5, 5.41) is 0. The molecule has 0 spiro atoms. The zero-order chi connectivity index (χ0) is 16.5. The highest BCUT2D eigenvalue weighted by atomic mass is 16.2. The molecule has 2 saturated carbocycles. The molecule has 4 unspecified atom stereocenters. The third kappa shape index (κ3) is 3.04. The number of hydrogen-bond donors (Lipinski definition) is 2. The first-order valence-electron chi connectivity index (χ1n) is 8.43. The monoisotopic (exact) mass is 320 g/mol. The topological polar surface area (TPSA) is 58.2 Å². The molecular weight excluding hydrogens is 300 g/mol. The molecule has 2 fully saturated rings. The lowest BCUT2D eigenvalue weighted by molar-refractivity contribution is -0.130. The SMILES string of the molecule is O=C(NNC(=O)C1CC1c1ccccc1)C1CC1c1ccccc1. The molecule has 4 rings (SSSR count). The maximum absolute atomic E-state index is 12.2. The molecule has 0 heterocycles. The van der Waals surface area contributed by atoms with Gasteiger partial charge in [-0.15, -0.1) is 0 Å². The summed E-state index contributed by atoms with van der Waals surface area (Å²) < 4.78 is 0. The van der Waals surface area contributed by atoms with E-state index in [9.17, 15) is 9.59 Å². The fraction of sp³-hybridized carbons (Fsp3) is 0.300. The Kier molecular flexibility index (Phi) is 3.81. The quantitative estimate of drug-likeness (QED) is 0.851. The minimum atomic E-state index is -0.0888. The summed E-state index contributed by atoms with van der Waals surface area (Å²) >= 11 is 0. The average Bonchev–Trinajstić information content (AvgIpc) is 3.54. The van der Waals surface area contributed by atoms with Crippen LogP contribution < -0.4 is 10.9 Å². The van der Waals surface area contributed by atoms with Gasteiger partial charge in [-0.05, 0) is 35.8 Å². The van der Waals surface area contributed by atoms with Gasteiger partial charge in [0.2, 0.25) is 11.8 Å². The molecule has 2 aliphatic rings. The van der Waals surface area contributed by atoms with Crippen LogP contribution in [0.2, 0.25) is 0 Å². The molecule has 4 atom stereocenters. The Hall–Kier alpha value is -2.62. The van der Waals surface area contributed by atoms with E-state index in [0.29, 0.717) is 0 Å². The van der Waals surface area contributed by atoms with Crippen LogP contribution in [0.25, 0.3) is 0 Å². The lowest BCUT2D eigenvalue weighted by Gasteiger charge is -2.07. The Morgan fingerprint density at radius 3 is 1.42 bits per heavy atom. The van der Waals surface area contributed by atoms with Crippen molar-refractivity contribution in [3.63, 3.8) is 0 Å². The number of amides is 2. The molecule has 0 aliphatic heterocycles. The van der Waals surface area contributed by atoms with Gasteiger partial charge in [0.1, 0.15) is 0 Å². The Labute approximate surface area is 141 Å². The summed E-state index contributed by atoms with van der Waals surface area (Å²) in [6.07, 6.45) is 1.70. The highest BCUT2D eigenvalue weighted by Gasteiger charge is 2.46. The zero-order valence-electron chi connectivity index (χ0n) is 13.3. The van der Waals surface area contributed by atoms with E-state index in [4.69, 9.17) is 0 Å². The van der Waals surface area contributed by atoms with Crippen LogP contribution in [-0.2, 0) is 9.59 Å². The Morgan fingerprint density at radius 2 is 1.04 bits per heavy atom. The molecule has 0 radical (unpaired) electrons. The minimum Gasteiger partial charge on any atom is -0.273 e. The predicted molar refractivity (Wildman–Crippen MR) is 90.9 cm³/mol. The molecule has 2 amide bonds. The van der Waals surface area contributed by atoms with Crippen LogP contribution in [0, 0.1) is 11.8 Å². The molecule has 0 saturated heterocycles. The van der Waals surface area contributed by atoms with E-state index in [0.717, 1.165) is 12.8 Å². The zero-order valence-corrected chi connectivity index (χ0v) is 13.3. The number of carbonyl (C=O) groups excluding carboxylic acids is 2. The van der Waals surface area contributed by atoms with Gasteiger partial charge in [-0.25, -0.2) is 0 Å². The Morgan fingerprint density at radius 1 is 0.667 bits per heavy atom. The summed E-state index contributed by atoms with van der Waals surface area (Å²) in [6, 6.07) is 20.1. The predicted octanol–water partition coefficient (Wildman–Crippen LogP) is 2.74. The molecule has 122 valence electrons. The number of hydrogen-bond acceptors (Lipinski definition) is 2. The van der Waals surface area contributed by atoms with Gasteiger partial charge in [0.05, 0.1) is 0 Å². The van der Waals surface area contributed by atoms with E-state index in [2.05, 4.69) is 10.9 Å².